The van der Waals surface area contributed by atoms with Crippen LogP contribution in [0, 0.1) is 17.1 Å². The molecule has 2 aromatic rings. The first-order chi connectivity index (χ1) is 10.7. The van der Waals surface area contributed by atoms with Crippen molar-refractivity contribution in [2.75, 3.05) is 13.1 Å². The molecule has 3 rings (SSSR count). The molecule has 0 spiro atoms. The fraction of sp³-hybridized carbons (Fsp3) is 0.278. The van der Waals surface area contributed by atoms with Gasteiger partial charge in [0.25, 0.3) is 0 Å². The number of nitriles is 1. The molecule has 1 aliphatic heterocycles. The van der Waals surface area contributed by atoms with Gasteiger partial charge in [0.2, 0.25) is 0 Å². The Morgan fingerprint density at radius 1 is 1.05 bits per heavy atom. The van der Waals surface area contributed by atoms with E-state index in [9.17, 15) is 9.65 Å². The van der Waals surface area contributed by atoms with Crippen LogP contribution in [0.1, 0.15) is 18.4 Å². The molecule has 1 N–H and O–H groups in total. The molecule has 0 radical (unpaired) electrons. The normalized spacial score (nSPS) is 16.9. The third kappa shape index (κ3) is 3.01. The van der Waals surface area contributed by atoms with Crippen molar-refractivity contribution >= 4 is 11.8 Å². The lowest BCUT2D eigenvalue weighted by molar-refractivity contribution is 0.378. The van der Waals surface area contributed by atoms with Gasteiger partial charge in [-0.2, -0.15) is 5.26 Å². The Kier molecular flexibility index (Phi) is 4.47. The minimum atomic E-state index is -0.422. The second-order valence-corrected chi connectivity index (χ2v) is 6.61. The zero-order chi connectivity index (χ0) is 15.4. The summed E-state index contributed by atoms with van der Waals surface area (Å²) in [4.78, 5) is 2.06. The molecule has 0 aromatic heterocycles. The van der Waals surface area contributed by atoms with Crippen molar-refractivity contribution in [3.63, 3.8) is 0 Å². The van der Waals surface area contributed by atoms with Crippen LogP contribution in [0.25, 0.3) is 0 Å². The molecule has 112 valence electrons. The molecule has 0 aliphatic carbocycles. The predicted molar refractivity (Wildman–Crippen MR) is 86.4 cm³/mol. The molecule has 2 nitrogen and oxygen atoms in total. The molecule has 1 aliphatic rings. The molecule has 22 heavy (non-hydrogen) atoms. The smallest absolute Gasteiger partial charge is 0.123 e. The number of rotatable bonds is 3. The van der Waals surface area contributed by atoms with Crippen LogP contribution in [0.4, 0.5) is 4.39 Å². The zero-order valence-corrected chi connectivity index (χ0v) is 13.0. The number of benzene rings is 2. The van der Waals surface area contributed by atoms with E-state index < -0.39 is 5.41 Å². The average molecular weight is 312 g/mol. The van der Waals surface area contributed by atoms with Crippen LogP contribution in [0.3, 0.4) is 0 Å². The van der Waals surface area contributed by atoms with Crippen LogP contribution in [0.15, 0.2) is 58.3 Å². The van der Waals surface area contributed by atoms with Crippen molar-refractivity contribution in [3.05, 3.63) is 59.9 Å². The summed E-state index contributed by atoms with van der Waals surface area (Å²) in [6, 6.07) is 17.1. The molecular formula is C18H17FN2S. The summed E-state index contributed by atoms with van der Waals surface area (Å²) in [5.41, 5.74) is 0.669. The van der Waals surface area contributed by atoms with E-state index in [1.165, 1.54) is 12.1 Å². The Morgan fingerprint density at radius 3 is 2.41 bits per heavy atom. The highest BCUT2D eigenvalue weighted by molar-refractivity contribution is 7.99. The fourth-order valence-electron chi connectivity index (χ4n) is 2.88. The van der Waals surface area contributed by atoms with Crippen LogP contribution in [0.2, 0.25) is 0 Å². The van der Waals surface area contributed by atoms with Gasteiger partial charge in [0, 0.05) is 9.79 Å². The standard InChI is InChI=1S/C18H17FN2S/c19-14-5-7-15(8-6-14)22-17-4-2-1-3-16(17)18(13-20)9-11-21-12-10-18/h1-8,21H,9-12H2. The van der Waals surface area contributed by atoms with E-state index in [4.69, 9.17) is 0 Å². The highest BCUT2D eigenvalue weighted by Gasteiger charge is 2.35. The monoisotopic (exact) mass is 312 g/mol. The second-order valence-electron chi connectivity index (χ2n) is 5.50. The molecule has 2 aromatic carbocycles. The van der Waals surface area contributed by atoms with Crippen molar-refractivity contribution in [2.45, 2.75) is 28.0 Å². The highest BCUT2D eigenvalue weighted by Crippen LogP contribution is 2.40. The maximum absolute atomic E-state index is 13.1. The van der Waals surface area contributed by atoms with E-state index in [0.717, 1.165) is 41.3 Å². The molecule has 4 heteroatoms. The molecule has 0 atom stereocenters. The van der Waals surface area contributed by atoms with E-state index in [-0.39, 0.29) is 5.82 Å². The minimum absolute atomic E-state index is 0.232. The van der Waals surface area contributed by atoms with E-state index >= 15 is 0 Å². The Bertz CT molecular complexity index is 685. The second kappa shape index (κ2) is 6.51. The van der Waals surface area contributed by atoms with Crippen LogP contribution < -0.4 is 5.32 Å². The summed E-state index contributed by atoms with van der Waals surface area (Å²) < 4.78 is 13.1. The van der Waals surface area contributed by atoms with Crippen molar-refractivity contribution in [3.8, 4) is 6.07 Å². The summed E-state index contributed by atoms with van der Waals surface area (Å²) in [5.74, 6) is -0.232. The first-order valence-corrected chi connectivity index (χ1v) is 8.20. The lowest BCUT2D eigenvalue weighted by atomic mass is 9.74. The van der Waals surface area contributed by atoms with Gasteiger partial charge >= 0.3 is 0 Å². The molecule has 0 bridgehead atoms. The highest BCUT2D eigenvalue weighted by atomic mass is 32.2. The maximum atomic E-state index is 13.1. The maximum Gasteiger partial charge on any atom is 0.123 e. The largest absolute Gasteiger partial charge is 0.317 e. The summed E-state index contributed by atoms with van der Waals surface area (Å²) in [6.45, 7) is 1.73. The number of piperidine rings is 1. The van der Waals surface area contributed by atoms with Gasteiger partial charge in [0.1, 0.15) is 5.82 Å². The Labute approximate surface area is 134 Å². The van der Waals surface area contributed by atoms with Crippen molar-refractivity contribution in [2.24, 2.45) is 0 Å². The summed E-state index contributed by atoms with van der Waals surface area (Å²) in [7, 11) is 0. The average Bonchev–Trinajstić information content (AvgIpc) is 2.58. The van der Waals surface area contributed by atoms with Crippen LogP contribution in [-0.4, -0.2) is 13.1 Å². The van der Waals surface area contributed by atoms with Gasteiger partial charge in [-0.15, -0.1) is 0 Å². The third-order valence-corrected chi connectivity index (χ3v) is 5.20. The Morgan fingerprint density at radius 2 is 1.73 bits per heavy atom. The molecule has 1 fully saturated rings. The van der Waals surface area contributed by atoms with Gasteiger partial charge in [0.05, 0.1) is 11.5 Å². The van der Waals surface area contributed by atoms with Crippen molar-refractivity contribution in [1.29, 1.82) is 5.26 Å². The van der Waals surface area contributed by atoms with Crippen LogP contribution in [-0.2, 0) is 5.41 Å². The van der Waals surface area contributed by atoms with Gasteiger partial charge in [-0.05, 0) is 61.8 Å². The van der Waals surface area contributed by atoms with Gasteiger partial charge in [0.15, 0.2) is 0 Å². The van der Waals surface area contributed by atoms with E-state index in [1.54, 1.807) is 23.9 Å². The number of halogens is 1. The summed E-state index contributed by atoms with van der Waals surface area (Å²) in [5, 5.41) is 13.1. The first kappa shape index (κ1) is 15.1. The third-order valence-electron chi connectivity index (χ3n) is 4.12. The van der Waals surface area contributed by atoms with Crippen LogP contribution >= 0.6 is 11.8 Å². The number of nitrogens with one attached hydrogen (secondary N) is 1. The van der Waals surface area contributed by atoms with E-state index in [0.29, 0.717) is 0 Å². The van der Waals surface area contributed by atoms with Crippen molar-refractivity contribution in [1.82, 2.24) is 5.32 Å². The summed E-state index contributed by atoms with van der Waals surface area (Å²) in [6.07, 6.45) is 1.65. The summed E-state index contributed by atoms with van der Waals surface area (Å²) >= 11 is 1.59. The van der Waals surface area contributed by atoms with Gasteiger partial charge < -0.3 is 5.32 Å². The number of hydrogen-bond acceptors (Lipinski definition) is 3. The molecule has 0 saturated carbocycles. The topological polar surface area (TPSA) is 35.8 Å². The lowest BCUT2D eigenvalue weighted by Gasteiger charge is -2.33. The SMILES string of the molecule is N#CC1(c2ccccc2Sc2ccc(F)cc2)CCNCC1. The van der Waals surface area contributed by atoms with Gasteiger partial charge in [-0.3, -0.25) is 0 Å². The molecule has 1 heterocycles. The Balaban J connectivity index is 1.96. The molecule has 0 unspecified atom stereocenters. The van der Waals surface area contributed by atoms with E-state index in [1.807, 2.05) is 18.2 Å². The zero-order valence-electron chi connectivity index (χ0n) is 12.2. The molecular weight excluding hydrogens is 295 g/mol. The predicted octanol–water partition coefficient (Wildman–Crippen LogP) is 4.12. The quantitative estimate of drug-likeness (QED) is 0.926. The molecule has 1 saturated heterocycles. The number of hydrogen-bond donors (Lipinski definition) is 1. The van der Waals surface area contributed by atoms with Gasteiger partial charge in [-0.25, -0.2) is 4.39 Å². The first-order valence-electron chi connectivity index (χ1n) is 7.38. The van der Waals surface area contributed by atoms with Crippen molar-refractivity contribution < 1.29 is 4.39 Å². The lowest BCUT2D eigenvalue weighted by Crippen LogP contribution is -2.39. The Hall–Kier alpha value is -1.83. The fourth-order valence-corrected chi connectivity index (χ4v) is 3.92. The molecule has 0 amide bonds. The minimum Gasteiger partial charge on any atom is -0.317 e. The van der Waals surface area contributed by atoms with Crippen LogP contribution in [0.5, 0.6) is 0 Å². The van der Waals surface area contributed by atoms with E-state index in [2.05, 4.69) is 17.5 Å². The number of nitrogens with zero attached hydrogens (tertiary/aromatic N) is 1. The van der Waals surface area contributed by atoms with Gasteiger partial charge in [-0.1, -0.05) is 30.0 Å².